The summed E-state index contributed by atoms with van der Waals surface area (Å²) in [6, 6.07) is -0.347. The normalized spacial score (nSPS) is 11.9. The topological polar surface area (TPSA) is 82.5 Å². The van der Waals surface area contributed by atoms with Gasteiger partial charge in [-0.05, 0) is 6.42 Å². The number of carbonyl (C=O) groups is 2. The molecule has 0 saturated heterocycles. The summed E-state index contributed by atoms with van der Waals surface area (Å²) in [4.78, 5) is 28.9. The van der Waals surface area contributed by atoms with E-state index in [1.54, 1.807) is 20.2 Å². The highest BCUT2D eigenvalue weighted by molar-refractivity contribution is 7.15. The van der Waals surface area contributed by atoms with E-state index in [0.29, 0.717) is 5.13 Å². The Labute approximate surface area is 110 Å². The van der Waals surface area contributed by atoms with E-state index in [9.17, 15) is 9.59 Å². The maximum absolute atomic E-state index is 11.8. The highest BCUT2D eigenvalue weighted by Gasteiger charge is 2.18. The van der Waals surface area contributed by atoms with E-state index in [2.05, 4.69) is 10.3 Å². The Bertz CT molecular complexity index is 433. The molecule has 0 spiro atoms. The summed E-state index contributed by atoms with van der Waals surface area (Å²) < 4.78 is 0. The van der Waals surface area contributed by atoms with Gasteiger partial charge < -0.3 is 10.0 Å². The largest absolute Gasteiger partial charge is 0.481 e. The zero-order chi connectivity index (χ0) is 13.7. The predicted molar refractivity (Wildman–Crippen MR) is 69.9 cm³/mol. The van der Waals surface area contributed by atoms with Crippen molar-refractivity contribution in [2.75, 3.05) is 18.9 Å². The fourth-order valence-corrected chi connectivity index (χ4v) is 2.03. The molecule has 0 aliphatic heterocycles. The summed E-state index contributed by atoms with van der Waals surface area (Å²) in [5, 5.41) is 11.9. The van der Waals surface area contributed by atoms with Gasteiger partial charge in [0, 0.05) is 24.7 Å². The Kier molecular flexibility index (Phi) is 5.08. The van der Waals surface area contributed by atoms with Crippen molar-refractivity contribution in [3.63, 3.8) is 0 Å². The number of hydrogen-bond acceptors (Lipinski definition) is 4. The lowest BCUT2D eigenvalue weighted by Crippen LogP contribution is -2.36. The van der Waals surface area contributed by atoms with Crippen LogP contribution in [-0.4, -0.2) is 40.6 Å². The average molecular weight is 271 g/mol. The molecule has 7 heteroatoms. The first-order chi connectivity index (χ1) is 8.43. The number of thiazole rings is 1. The Hall–Kier alpha value is -1.63. The van der Waals surface area contributed by atoms with Crippen LogP contribution in [0, 0.1) is 5.92 Å². The van der Waals surface area contributed by atoms with E-state index in [-0.39, 0.29) is 12.6 Å². The molecule has 1 aromatic rings. The molecule has 0 radical (unpaired) electrons. The average Bonchev–Trinajstić information content (AvgIpc) is 2.76. The van der Waals surface area contributed by atoms with Crippen LogP contribution in [0.3, 0.4) is 0 Å². The van der Waals surface area contributed by atoms with Crippen molar-refractivity contribution < 1.29 is 14.7 Å². The Balaban J connectivity index is 2.51. The molecule has 0 bridgehead atoms. The molecule has 18 heavy (non-hydrogen) atoms. The van der Waals surface area contributed by atoms with Gasteiger partial charge in [0.2, 0.25) is 0 Å². The molecule has 1 aromatic heterocycles. The molecule has 1 rings (SSSR count). The zero-order valence-electron chi connectivity index (χ0n) is 10.6. The van der Waals surface area contributed by atoms with E-state index < -0.39 is 11.9 Å². The minimum absolute atomic E-state index is 0.160. The lowest BCUT2D eigenvalue weighted by atomic mass is 10.2. The number of carboxylic acids is 1. The number of aromatic nitrogens is 1. The van der Waals surface area contributed by atoms with Gasteiger partial charge in [-0.25, -0.2) is 9.78 Å². The van der Waals surface area contributed by atoms with Crippen LogP contribution < -0.4 is 5.32 Å². The summed E-state index contributed by atoms with van der Waals surface area (Å²) in [6.45, 7) is 3.73. The number of rotatable bonds is 5. The molecule has 6 nitrogen and oxygen atoms in total. The summed E-state index contributed by atoms with van der Waals surface area (Å²) in [7, 11) is 1.56. The number of hydrogen-bond donors (Lipinski definition) is 2. The van der Waals surface area contributed by atoms with Gasteiger partial charge in [0.25, 0.3) is 0 Å². The van der Waals surface area contributed by atoms with Gasteiger partial charge in [-0.2, -0.15) is 0 Å². The fourth-order valence-electron chi connectivity index (χ4n) is 1.29. The van der Waals surface area contributed by atoms with Gasteiger partial charge in [0.05, 0.1) is 5.92 Å². The standard InChI is InChI=1S/C11H17N3O3S/c1-4-8-5-12-10(18-8)13-11(17)14(3)6-7(2)9(15)16/h5,7H,4,6H2,1-3H3,(H,15,16)(H,12,13,17). The first kappa shape index (κ1) is 14.4. The molecule has 1 unspecified atom stereocenters. The molecule has 2 N–H and O–H groups in total. The zero-order valence-corrected chi connectivity index (χ0v) is 11.5. The molecule has 2 amide bonds. The monoisotopic (exact) mass is 271 g/mol. The number of urea groups is 1. The second-order valence-electron chi connectivity index (χ2n) is 4.04. The molecule has 1 heterocycles. The second kappa shape index (κ2) is 6.34. The number of carboxylic acid groups (broad SMARTS) is 1. The van der Waals surface area contributed by atoms with Gasteiger partial charge in [0.1, 0.15) is 0 Å². The minimum atomic E-state index is -0.919. The Morgan fingerprint density at radius 2 is 2.28 bits per heavy atom. The van der Waals surface area contributed by atoms with E-state index in [1.807, 2.05) is 6.92 Å². The molecule has 1 atom stereocenters. The van der Waals surface area contributed by atoms with Gasteiger partial charge in [0.15, 0.2) is 5.13 Å². The third kappa shape index (κ3) is 3.99. The molecule has 0 aliphatic carbocycles. The Morgan fingerprint density at radius 1 is 1.61 bits per heavy atom. The van der Waals surface area contributed by atoms with E-state index in [4.69, 9.17) is 5.11 Å². The Morgan fingerprint density at radius 3 is 2.78 bits per heavy atom. The number of aliphatic carboxylic acids is 1. The first-order valence-electron chi connectivity index (χ1n) is 5.63. The van der Waals surface area contributed by atoms with Crippen LogP contribution in [0.4, 0.5) is 9.93 Å². The summed E-state index contributed by atoms with van der Waals surface area (Å²) >= 11 is 1.42. The maximum atomic E-state index is 11.8. The SMILES string of the molecule is CCc1cnc(NC(=O)N(C)CC(C)C(=O)O)s1. The predicted octanol–water partition coefficient (Wildman–Crippen LogP) is 1.89. The van der Waals surface area contributed by atoms with Gasteiger partial charge in [-0.3, -0.25) is 10.1 Å². The van der Waals surface area contributed by atoms with Crippen molar-refractivity contribution in [1.29, 1.82) is 0 Å². The summed E-state index contributed by atoms with van der Waals surface area (Å²) in [6.07, 6.45) is 2.60. The lowest BCUT2D eigenvalue weighted by molar-refractivity contribution is -0.141. The van der Waals surface area contributed by atoms with Gasteiger partial charge >= 0.3 is 12.0 Å². The molecular weight excluding hydrogens is 254 g/mol. The molecule has 0 fully saturated rings. The van der Waals surface area contributed by atoms with Crippen LogP contribution in [0.2, 0.25) is 0 Å². The van der Waals surface area contributed by atoms with Crippen molar-refractivity contribution in [2.24, 2.45) is 5.92 Å². The number of nitrogens with zero attached hydrogens (tertiary/aromatic N) is 2. The van der Waals surface area contributed by atoms with Crippen LogP contribution in [-0.2, 0) is 11.2 Å². The lowest BCUT2D eigenvalue weighted by Gasteiger charge is -2.19. The molecule has 0 saturated carbocycles. The minimum Gasteiger partial charge on any atom is -0.481 e. The summed E-state index contributed by atoms with van der Waals surface area (Å²) in [5.74, 6) is -1.51. The van der Waals surface area contributed by atoms with E-state index >= 15 is 0 Å². The van der Waals surface area contributed by atoms with Crippen molar-refractivity contribution in [1.82, 2.24) is 9.88 Å². The first-order valence-corrected chi connectivity index (χ1v) is 6.45. The highest BCUT2D eigenvalue weighted by atomic mass is 32.1. The number of aryl methyl sites for hydroxylation is 1. The second-order valence-corrected chi connectivity index (χ2v) is 5.15. The molecule has 0 aliphatic rings. The number of anilines is 1. The number of carbonyl (C=O) groups excluding carboxylic acids is 1. The molecule has 0 aromatic carbocycles. The van der Waals surface area contributed by atoms with Crippen molar-refractivity contribution in [3.05, 3.63) is 11.1 Å². The third-order valence-electron chi connectivity index (χ3n) is 2.43. The van der Waals surface area contributed by atoms with Crippen LogP contribution in [0.1, 0.15) is 18.7 Å². The smallest absolute Gasteiger partial charge is 0.323 e. The van der Waals surface area contributed by atoms with Crippen LogP contribution in [0.5, 0.6) is 0 Å². The van der Waals surface area contributed by atoms with Crippen LogP contribution in [0.15, 0.2) is 6.20 Å². The van der Waals surface area contributed by atoms with Crippen molar-refractivity contribution >= 4 is 28.5 Å². The van der Waals surface area contributed by atoms with Gasteiger partial charge in [-0.1, -0.05) is 13.8 Å². The van der Waals surface area contributed by atoms with Crippen LogP contribution >= 0.6 is 11.3 Å². The highest BCUT2D eigenvalue weighted by Crippen LogP contribution is 2.18. The molecular formula is C11H17N3O3S. The quantitative estimate of drug-likeness (QED) is 0.856. The number of amides is 2. The maximum Gasteiger partial charge on any atom is 0.323 e. The van der Waals surface area contributed by atoms with E-state index in [0.717, 1.165) is 11.3 Å². The van der Waals surface area contributed by atoms with Crippen molar-refractivity contribution in [3.8, 4) is 0 Å². The van der Waals surface area contributed by atoms with Gasteiger partial charge in [-0.15, -0.1) is 11.3 Å². The summed E-state index contributed by atoms with van der Waals surface area (Å²) in [5.41, 5.74) is 0. The fraction of sp³-hybridized carbons (Fsp3) is 0.545. The van der Waals surface area contributed by atoms with Crippen LogP contribution in [0.25, 0.3) is 0 Å². The molecule has 100 valence electrons. The third-order valence-corrected chi connectivity index (χ3v) is 3.49. The number of nitrogens with one attached hydrogen (secondary N) is 1. The van der Waals surface area contributed by atoms with E-state index in [1.165, 1.54) is 16.2 Å². The van der Waals surface area contributed by atoms with Crippen molar-refractivity contribution in [2.45, 2.75) is 20.3 Å².